The fourth-order valence-electron chi connectivity index (χ4n) is 3.36. The molecule has 3 nitrogen and oxygen atoms in total. The number of nitrogens with zero attached hydrogens (tertiary/aromatic N) is 2. The second kappa shape index (κ2) is 6.43. The molecule has 1 heterocycles. The lowest BCUT2D eigenvalue weighted by Crippen LogP contribution is -2.51. The van der Waals surface area contributed by atoms with Crippen molar-refractivity contribution in [1.82, 2.24) is 9.80 Å². The molecule has 20 heavy (non-hydrogen) atoms. The van der Waals surface area contributed by atoms with Crippen LogP contribution in [0, 0.1) is 3.57 Å². The summed E-state index contributed by atoms with van der Waals surface area (Å²) >= 11 is 2.26. The molecule has 2 aliphatic rings. The fraction of sp³-hybridized carbons (Fsp3) is 0.562. The Morgan fingerprint density at radius 3 is 2.45 bits per heavy atom. The zero-order valence-electron chi connectivity index (χ0n) is 11.7. The van der Waals surface area contributed by atoms with E-state index in [-0.39, 0.29) is 5.91 Å². The number of carbonyl (C=O) groups excluding carboxylic acids is 1. The Kier molecular flexibility index (Phi) is 4.61. The van der Waals surface area contributed by atoms with Gasteiger partial charge in [-0.1, -0.05) is 18.9 Å². The molecule has 1 amide bonds. The zero-order valence-corrected chi connectivity index (χ0v) is 13.9. The van der Waals surface area contributed by atoms with Crippen molar-refractivity contribution < 1.29 is 4.79 Å². The Bertz CT molecular complexity index is 477. The molecule has 1 saturated carbocycles. The van der Waals surface area contributed by atoms with Gasteiger partial charge in [0.05, 0.1) is 0 Å². The first-order valence-electron chi connectivity index (χ1n) is 7.53. The van der Waals surface area contributed by atoms with Crippen LogP contribution in [0.5, 0.6) is 0 Å². The number of amides is 1. The molecule has 108 valence electrons. The highest BCUT2D eigenvalue weighted by molar-refractivity contribution is 14.1. The summed E-state index contributed by atoms with van der Waals surface area (Å²) in [6, 6.07) is 8.67. The van der Waals surface area contributed by atoms with Gasteiger partial charge in [0.2, 0.25) is 0 Å². The highest BCUT2D eigenvalue weighted by atomic mass is 127. The van der Waals surface area contributed by atoms with Gasteiger partial charge in [0.15, 0.2) is 0 Å². The van der Waals surface area contributed by atoms with Crippen molar-refractivity contribution >= 4 is 28.5 Å². The van der Waals surface area contributed by atoms with Gasteiger partial charge in [0.25, 0.3) is 5.91 Å². The van der Waals surface area contributed by atoms with Crippen molar-refractivity contribution in [1.29, 1.82) is 0 Å². The van der Waals surface area contributed by atoms with E-state index in [0.29, 0.717) is 0 Å². The molecule has 0 N–H and O–H groups in total. The summed E-state index contributed by atoms with van der Waals surface area (Å²) in [5.41, 5.74) is 0.825. The lowest BCUT2D eigenvalue weighted by atomic mass is 10.1. The van der Waals surface area contributed by atoms with E-state index in [4.69, 9.17) is 0 Å². The topological polar surface area (TPSA) is 23.6 Å². The predicted octanol–water partition coefficient (Wildman–Crippen LogP) is 2.99. The largest absolute Gasteiger partial charge is 0.336 e. The lowest BCUT2D eigenvalue weighted by molar-refractivity contribution is 0.0573. The fourth-order valence-corrected chi connectivity index (χ4v) is 3.91. The first-order valence-corrected chi connectivity index (χ1v) is 8.61. The smallest absolute Gasteiger partial charge is 0.253 e. The van der Waals surface area contributed by atoms with Gasteiger partial charge >= 0.3 is 0 Å². The van der Waals surface area contributed by atoms with Gasteiger partial charge in [-0.05, 0) is 53.6 Å². The van der Waals surface area contributed by atoms with E-state index in [2.05, 4.69) is 27.5 Å². The molecule has 0 aromatic heterocycles. The first-order chi connectivity index (χ1) is 9.74. The summed E-state index contributed by atoms with van der Waals surface area (Å²) in [7, 11) is 0. The second-order valence-electron chi connectivity index (χ2n) is 5.78. The van der Waals surface area contributed by atoms with Gasteiger partial charge in [-0.25, -0.2) is 0 Å². The Balaban J connectivity index is 1.58. The van der Waals surface area contributed by atoms with Crippen LogP contribution in [0.4, 0.5) is 0 Å². The number of rotatable bonds is 2. The van der Waals surface area contributed by atoms with Gasteiger partial charge in [0, 0.05) is 41.4 Å². The maximum atomic E-state index is 12.5. The van der Waals surface area contributed by atoms with Gasteiger partial charge in [-0.3, -0.25) is 9.69 Å². The van der Waals surface area contributed by atoms with Crippen molar-refractivity contribution in [2.24, 2.45) is 0 Å². The van der Waals surface area contributed by atoms with Crippen LogP contribution in [0.3, 0.4) is 0 Å². The molecule has 0 radical (unpaired) electrons. The summed E-state index contributed by atoms with van der Waals surface area (Å²) in [6.07, 6.45) is 5.47. The Labute approximate surface area is 134 Å². The van der Waals surface area contributed by atoms with Crippen molar-refractivity contribution in [3.8, 4) is 0 Å². The molecule has 0 unspecified atom stereocenters. The molecule has 1 aromatic carbocycles. The Morgan fingerprint density at radius 2 is 1.80 bits per heavy atom. The summed E-state index contributed by atoms with van der Waals surface area (Å²) in [4.78, 5) is 17.1. The second-order valence-corrected chi connectivity index (χ2v) is 7.02. The number of benzene rings is 1. The summed E-state index contributed by atoms with van der Waals surface area (Å²) in [5.74, 6) is 0.189. The number of hydrogen-bond donors (Lipinski definition) is 0. The first kappa shape index (κ1) is 14.3. The van der Waals surface area contributed by atoms with Crippen LogP contribution in [-0.4, -0.2) is 47.9 Å². The standard InChI is InChI=1S/C16H21IN2O/c17-14-5-3-4-13(12-14)16(20)19-10-8-18(9-11-19)15-6-1-2-7-15/h3-5,12,15H,1-2,6-11H2. The minimum Gasteiger partial charge on any atom is -0.336 e. The Hall–Kier alpha value is -0.620. The Morgan fingerprint density at radius 1 is 1.10 bits per heavy atom. The average molecular weight is 384 g/mol. The molecular weight excluding hydrogens is 363 g/mol. The third kappa shape index (κ3) is 3.17. The van der Waals surface area contributed by atoms with Crippen molar-refractivity contribution in [3.63, 3.8) is 0 Å². The molecule has 1 aliphatic heterocycles. The van der Waals surface area contributed by atoms with Crippen LogP contribution < -0.4 is 0 Å². The minimum atomic E-state index is 0.189. The third-order valence-electron chi connectivity index (χ3n) is 4.51. The van der Waals surface area contributed by atoms with Crippen LogP contribution in [0.2, 0.25) is 0 Å². The average Bonchev–Trinajstić information content (AvgIpc) is 3.01. The van der Waals surface area contributed by atoms with E-state index in [1.54, 1.807) is 0 Å². The quantitative estimate of drug-likeness (QED) is 0.732. The van der Waals surface area contributed by atoms with Gasteiger partial charge in [-0.2, -0.15) is 0 Å². The molecule has 4 heteroatoms. The van der Waals surface area contributed by atoms with Gasteiger partial charge < -0.3 is 4.90 Å². The van der Waals surface area contributed by atoms with E-state index in [9.17, 15) is 4.79 Å². The van der Waals surface area contributed by atoms with Gasteiger partial charge in [0.1, 0.15) is 0 Å². The minimum absolute atomic E-state index is 0.189. The molecule has 1 saturated heterocycles. The molecule has 0 spiro atoms. The number of halogens is 1. The third-order valence-corrected chi connectivity index (χ3v) is 5.19. The number of piperazine rings is 1. The van der Waals surface area contributed by atoms with Crippen LogP contribution in [0.1, 0.15) is 36.0 Å². The number of carbonyl (C=O) groups is 1. The van der Waals surface area contributed by atoms with Crippen LogP contribution >= 0.6 is 22.6 Å². The van der Waals surface area contributed by atoms with E-state index in [1.807, 2.05) is 29.2 Å². The molecule has 0 bridgehead atoms. The molecular formula is C16H21IN2O. The highest BCUT2D eigenvalue weighted by Crippen LogP contribution is 2.24. The zero-order chi connectivity index (χ0) is 13.9. The van der Waals surface area contributed by atoms with Crippen LogP contribution in [0.15, 0.2) is 24.3 Å². The molecule has 1 aliphatic carbocycles. The monoisotopic (exact) mass is 384 g/mol. The predicted molar refractivity (Wildman–Crippen MR) is 88.9 cm³/mol. The van der Waals surface area contributed by atoms with E-state index in [1.165, 1.54) is 25.7 Å². The van der Waals surface area contributed by atoms with E-state index >= 15 is 0 Å². The number of hydrogen-bond acceptors (Lipinski definition) is 2. The van der Waals surface area contributed by atoms with Crippen molar-refractivity contribution in [2.45, 2.75) is 31.7 Å². The molecule has 3 rings (SSSR count). The van der Waals surface area contributed by atoms with Crippen LogP contribution in [0.25, 0.3) is 0 Å². The lowest BCUT2D eigenvalue weighted by Gasteiger charge is -2.38. The molecule has 0 atom stereocenters. The van der Waals surface area contributed by atoms with Crippen LogP contribution in [-0.2, 0) is 0 Å². The maximum Gasteiger partial charge on any atom is 0.253 e. The summed E-state index contributed by atoms with van der Waals surface area (Å²) < 4.78 is 1.12. The molecule has 2 fully saturated rings. The van der Waals surface area contributed by atoms with Crippen molar-refractivity contribution in [3.05, 3.63) is 33.4 Å². The van der Waals surface area contributed by atoms with E-state index < -0.39 is 0 Å². The van der Waals surface area contributed by atoms with Gasteiger partial charge in [-0.15, -0.1) is 0 Å². The SMILES string of the molecule is O=C(c1cccc(I)c1)N1CCN(C2CCCC2)CC1. The molecule has 1 aromatic rings. The normalized spacial score (nSPS) is 21.4. The van der Waals surface area contributed by atoms with E-state index in [0.717, 1.165) is 41.4 Å². The maximum absolute atomic E-state index is 12.5. The highest BCUT2D eigenvalue weighted by Gasteiger charge is 2.28. The van der Waals surface area contributed by atoms with Crippen molar-refractivity contribution in [2.75, 3.05) is 26.2 Å². The summed E-state index contributed by atoms with van der Waals surface area (Å²) in [6.45, 7) is 3.84. The summed E-state index contributed by atoms with van der Waals surface area (Å²) in [5, 5.41) is 0.